The van der Waals surface area contributed by atoms with Gasteiger partial charge in [0.1, 0.15) is 5.54 Å². The number of nitrogens with one attached hydrogen (secondary N) is 1. The van der Waals surface area contributed by atoms with Gasteiger partial charge in [0.15, 0.2) is 0 Å². The molecule has 0 radical (unpaired) electrons. The predicted octanol–water partition coefficient (Wildman–Crippen LogP) is 0.429. The van der Waals surface area contributed by atoms with Gasteiger partial charge in [0.05, 0.1) is 6.07 Å². The van der Waals surface area contributed by atoms with E-state index < -0.39 is 11.5 Å². The Labute approximate surface area is 96.0 Å². The van der Waals surface area contributed by atoms with Crippen molar-refractivity contribution in [2.75, 3.05) is 26.2 Å². The average molecular weight is 225 g/mol. The minimum absolute atomic E-state index is 0.142. The van der Waals surface area contributed by atoms with Gasteiger partial charge in [0.2, 0.25) is 0 Å². The van der Waals surface area contributed by atoms with E-state index in [9.17, 15) is 10.1 Å². The summed E-state index contributed by atoms with van der Waals surface area (Å²) in [4.78, 5) is 12.6. The van der Waals surface area contributed by atoms with E-state index in [0.29, 0.717) is 12.8 Å². The maximum absolute atomic E-state index is 10.4. The van der Waals surface area contributed by atoms with E-state index in [1.165, 1.54) is 0 Å². The Hall–Kier alpha value is -1.12. The molecule has 0 amide bonds. The summed E-state index contributed by atoms with van der Waals surface area (Å²) >= 11 is 0. The van der Waals surface area contributed by atoms with Gasteiger partial charge in [-0.1, -0.05) is 0 Å². The highest BCUT2D eigenvalue weighted by Crippen LogP contribution is 2.21. The molecule has 1 rings (SSSR count). The summed E-state index contributed by atoms with van der Waals surface area (Å²) in [5, 5.41) is 21.1. The zero-order valence-electron chi connectivity index (χ0n) is 9.70. The average Bonchev–Trinajstić information content (AvgIpc) is 2.29. The molecule has 0 aliphatic carbocycles. The largest absolute Gasteiger partial charge is 0.481 e. The molecular weight excluding hydrogens is 206 g/mol. The molecule has 1 fully saturated rings. The second-order valence-electron chi connectivity index (χ2n) is 4.37. The highest BCUT2D eigenvalue weighted by molar-refractivity contribution is 5.66. The van der Waals surface area contributed by atoms with Crippen LogP contribution in [0.5, 0.6) is 0 Å². The van der Waals surface area contributed by atoms with Crippen molar-refractivity contribution >= 4 is 5.97 Å². The number of aliphatic carboxylic acids is 1. The van der Waals surface area contributed by atoms with Crippen molar-refractivity contribution in [3.05, 3.63) is 0 Å². The zero-order chi connectivity index (χ0) is 12.0. The standard InChI is InChI=1S/C11H19N3O2/c1-11(9-12,4-2-3-10(15)16)14-7-5-13-6-8-14/h13H,2-8H2,1H3,(H,15,16). The lowest BCUT2D eigenvalue weighted by Crippen LogP contribution is -2.54. The second-order valence-corrected chi connectivity index (χ2v) is 4.37. The van der Waals surface area contributed by atoms with E-state index in [-0.39, 0.29) is 6.42 Å². The van der Waals surface area contributed by atoms with Gasteiger partial charge in [-0.05, 0) is 19.8 Å². The number of hydrogen-bond donors (Lipinski definition) is 2. The van der Waals surface area contributed by atoms with Crippen molar-refractivity contribution in [3.63, 3.8) is 0 Å². The van der Waals surface area contributed by atoms with Gasteiger partial charge in [-0.3, -0.25) is 9.69 Å². The van der Waals surface area contributed by atoms with Crippen LogP contribution in [0, 0.1) is 11.3 Å². The van der Waals surface area contributed by atoms with E-state index in [1.54, 1.807) is 0 Å². The minimum Gasteiger partial charge on any atom is -0.481 e. The van der Waals surface area contributed by atoms with Crippen LogP contribution in [-0.4, -0.2) is 47.7 Å². The molecule has 0 aromatic carbocycles. The molecule has 0 aromatic heterocycles. The third-order valence-corrected chi connectivity index (χ3v) is 3.11. The summed E-state index contributed by atoms with van der Waals surface area (Å²) in [5.41, 5.74) is -0.516. The molecule has 2 N–H and O–H groups in total. The van der Waals surface area contributed by atoms with E-state index >= 15 is 0 Å². The SMILES string of the molecule is CC(C#N)(CCCC(=O)O)N1CCNCC1. The van der Waals surface area contributed by atoms with Gasteiger partial charge in [-0.25, -0.2) is 0 Å². The van der Waals surface area contributed by atoms with Crippen molar-refractivity contribution < 1.29 is 9.90 Å². The number of piperazine rings is 1. The Morgan fingerprint density at radius 3 is 2.69 bits per heavy atom. The number of carbonyl (C=O) groups is 1. The fourth-order valence-corrected chi connectivity index (χ4v) is 2.03. The van der Waals surface area contributed by atoms with E-state index in [4.69, 9.17) is 5.11 Å². The van der Waals surface area contributed by atoms with Crippen LogP contribution >= 0.6 is 0 Å². The van der Waals surface area contributed by atoms with Crippen LogP contribution in [0.15, 0.2) is 0 Å². The van der Waals surface area contributed by atoms with Gasteiger partial charge in [0, 0.05) is 32.6 Å². The summed E-state index contributed by atoms with van der Waals surface area (Å²) in [6.45, 7) is 5.42. The number of nitrogens with zero attached hydrogens (tertiary/aromatic N) is 2. The first kappa shape index (κ1) is 12.9. The fourth-order valence-electron chi connectivity index (χ4n) is 2.03. The molecule has 0 spiro atoms. The Balaban J connectivity index is 2.48. The van der Waals surface area contributed by atoms with Crippen LogP contribution in [-0.2, 0) is 4.79 Å². The van der Waals surface area contributed by atoms with Crippen molar-refractivity contribution in [2.45, 2.75) is 31.7 Å². The van der Waals surface area contributed by atoms with Crippen molar-refractivity contribution in [1.82, 2.24) is 10.2 Å². The zero-order valence-corrected chi connectivity index (χ0v) is 9.70. The van der Waals surface area contributed by atoms with Crippen LogP contribution in [0.25, 0.3) is 0 Å². The third kappa shape index (κ3) is 3.47. The Morgan fingerprint density at radius 2 is 2.19 bits per heavy atom. The third-order valence-electron chi connectivity index (χ3n) is 3.11. The van der Waals surface area contributed by atoms with Gasteiger partial charge < -0.3 is 10.4 Å². The van der Waals surface area contributed by atoms with Crippen LogP contribution in [0.1, 0.15) is 26.2 Å². The molecule has 0 bridgehead atoms. The molecule has 1 aliphatic rings. The molecule has 1 aliphatic heterocycles. The summed E-state index contributed by atoms with van der Waals surface area (Å²) in [7, 11) is 0. The second kappa shape index (κ2) is 5.83. The van der Waals surface area contributed by atoms with Crippen molar-refractivity contribution in [3.8, 4) is 6.07 Å². The van der Waals surface area contributed by atoms with Crippen LogP contribution in [0.3, 0.4) is 0 Å². The van der Waals surface area contributed by atoms with Crippen molar-refractivity contribution in [1.29, 1.82) is 5.26 Å². The lowest BCUT2D eigenvalue weighted by atomic mass is 9.93. The predicted molar refractivity (Wildman–Crippen MR) is 59.9 cm³/mol. The van der Waals surface area contributed by atoms with E-state index in [0.717, 1.165) is 26.2 Å². The lowest BCUT2D eigenvalue weighted by molar-refractivity contribution is -0.137. The molecule has 16 heavy (non-hydrogen) atoms. The summed E-state index contributed by atoms with van der Waals surface area (Å²) in [5.74, 6) is -0.791. The maximum Gasteiger partial charge on any atom is 0.303 e. The van der Waals surface area contributed by atoms with E-state index in [2.05, 4.69) is 16.3 Å². The first-order chi connectivity index (χ1) is 7.58. The Morgan fingerprint density at radius 1 is 1.56 bits per heavy atom. The number of hydrogen-bond acceptors (Lipinski definition) is 4. The molecular formula is C11H19N3O2. The molecule has 1 atom stereocenters. The van der Waals surface area contributed by atoms with Gasteiger partial charge in [-0.2, -0.15) is 5.26 Å². The normalized spacial score (nSPS) is 21.0. The molecule has 5 heteroatoms. The molecule has 0 saturated carbocycles. The maximum atomic E-state index is 10.4. The molecule has 1 heterocycles. The monoisotopic (exact) mass is 225 g/mol. The molecule has 5 nitrogen and oxygen atoms in total. The first-order valence-corrected chi connectivity index (χ1v) is 5.67. The van der Waals surface area contributed by atoms with Crippen LogP contribution in [0.4, 0.5) is 0 Å². The van der Waals surface area contributed by atoms with Crippen LogP contribution < -0.4 is 5.32 Å². The Kier molecular flexibility index (Phi) is 4.71. The molecule has 1 saturated heterocycles. The quantitative estimate of drug-likeness (QED) is 0.709. The van der Waals surface area contributed by atoms with Gasteiger partial charge >= 0.3 is 5.97 Å². The number of nitriles is 1. The fraction of sp³-hybridized carbons (Fsp3) is 0.818. The number of carboxylic acids is 1. The highest BCUT2D eigenvalue weighted by Gasteiger charge is 2.32. The summed E-state index contributed by atoms with van der Waals surface area (Å²) in [6.07, 6.45) is 1.32. The first-order valence-electron chi connectivity index (χ1n) is 5.67. The molecule has 1 unspecified atom stereocenters. The summed E-state index contributed by atoms with van der Waals surface area (Å²) in [6, 6.07) is 2.33. The Bertz CT molecular complexity index is 281. The van der Waals surface area contributed by atoms with Gasteiger partial charge in [-0.15, -0.1) is 0 Å². The van der Waals surface area contributed by atoms with E-state index in [1.807, 2.05) is 6.92 Å². The van der Waals surface area contributed by atoms with Gasteiger partial charge in [0.25, 0.3) is 0 Å². The minimum atomic E-state index is -0.791. The van der Waals surface area contributed by atoms with Crippen molar-refractivity contribution in [2.24, 2.45) is 0 Å². The molecule has 90 valence electrons. The summed E-state index contributed by atoms with van der Waals surface area (Å²) < 4.78 is 0. The smallest absolute Gasteiger partial charge is 0.303 e. The topological polar surface area (TPSA) is 76.4 Å². The highest BCUT2D eigenvalue weighted by atomic mass is 16.4. The van der Waals surface area contributed by atoms with Crippen LogP contribution in [0.2, 0.25) is 0 Å². The number of carboxylic acid groups (broad SMARTS) is 1. The lowest BCUT2D eigenvalue weighted by Gasteiger charge is -2.38. The number of rotatable bonds is 5. The molecule has 0 aromatic rings.